The molecule has 0 rings (SSSR count). The first kappa shape index (κ1) is 12.2. The molecule has 0 radical (unpaired) electrons. The zero-order chi connectivity index (χ0) is 9.45. The van der Waals surface area contributed by atoms with Crippen molar-refractivity contribution in [1.29, 1.82) is 0 Å². The van der Waals surface area contributed by atoms with Crippen LogP contribution in [0, 0.1) is 0 Å². The molecular formula is C7H17NO3S. The van der Waals surface area contributed by atoms with Crippen LogP contribution < -0.4 is 5.32 Å². The minimum absolute atomic E-state index is 0.148. The number of methoxy groups -OCH3 is 1. The van der Waals surface area contributed by atoms with E-state index in [1.165, 1.54) is 7.11 Å². The van der Waals surface area contributed by atoms with Gasteiger partial charge >= 0.3 is 0 Å². The standard InChI is InChI=1S/C7H17NO3S/c1-11-6-7(4-9,5-10)8-2-3-12/h8-10,12H,2-6H2,1H3. The summed E-state index contributed by atoms with van der Waals surface area (Å²) in [6.45, 7) is 0.623. The Morgan fingerprint density at radius 2 is 2.00 bits per heavy atom. The molecule has 0 spiro atoms. The zero-order valence-corrected chi connectivity index (χ0v) is 8.18. The number of thiol groups is 1. The Bertz CT molecular complexity index is 109. The molecule has 0 unspecified atom stereocenters. The van der Waals surface area contributed by atoms with Gasteiger partial charge in [0.2, 0.25) is 0 Å². The molecule has 0 aliphatic heterocycles. The maximum absolute atomic E-state index is 9.01. The van der Waals surface area contributed by atoms with Crippen molar-refractivity contribution in [3.63, 3.8) is 0 Å². The van der Waals surface area contributed by atoms with Gasteiger partial charge in [0, 0.05) is 19.4 Å². The fraction of sp³-hybridized carbons (Fsp3) is 1.00. The van der Waals surface area contributed by atoms with Crippen LogP contribution in [0.5, 0.6) is 0 Å². The van der Waals surface area contributed by atoms with Crippen LogP contribution >= 0.6 is 12.6 Å². The number of hydrogen-bond acceptors (Lipinski definition) is 5. The molecule has 5 heteroatoms. The van der Waals surface area contributed by atoms with Gasteiger partial charge in [0.25, 0.3) is 0 Å². The highest BCUT2D eigenvalue weighted by molar-refractivity contribution is 7.80. The first-order valence-corrected chi connectivity index (χ1v) is 4.44. The minimum atomic E-state index is -0.725. The van der Waals surface area contributed by atoms with Crippen molar-refractivity contribution in [2.75, 3.05) is 39.2 Å². The molecule has 0 aromatic heterocycles. The lowest BCUT2D eigenvalue weighted by atomic mass is 10.0. The van der Waals surface area contributed by atoms with Gasteiger partial charge in [-0.05, 0) is 0 Å². The van der Waals surface area contributed by atoms with Crippen LogP contribution in [0.15, 0.2) is 0 Å². The largest absolute Gasteiger partial charge is 0.394 e. The van der Waals surface area contributed by atoms with Crippen LogP contribution in [-0.2, 0) is 4.74 Å². The highest BCUT2D eigenvalue weighted by Gasteiger charge is 2.27. The van der Waals surface area contributed by atoms with E-state index in [1.807, 2.05) is 0 Å². The van der Waals surface area contributed by atoms with Crippen LogP contribution in [-0.4, -0.2) is 55.0 Å². The minimum Gasteiger partial charge on any atom is -0.394 e. The fourth-order valence-corrected chi connectivity index (χ4v) is 1.01. The predicted octanol–water partition coefficient (Wildman–Crippen LogP) is -1.12. The molecular weight excluding hydrogens is 178 g/mol. The van der Waals surface area contributed by atoms with Crippen molar-refractivity contribution >= 4 is 12.6 Å². The van der Waals surface area contributed by atoms with Gasteiger partial charge in [-0.25, -0.2) is 0 Å². The summed E-state index contributed by atoms with van der Waals surface area (Å²) < 4.78 is 4.88. The summed E-state index contributed by atoms with van der Waals surface area (Å²) >= 11 is 4.01. The van der Waals surface area contributed by atoms with Crippen molar-refractivity contribution in [3.05, 3.63) is 0 Å². The average molecular weight is 195 g/mol. The number of ether oxygens (including phenoxy) is 1. The summed E-state index contributed by atoms with van der Waals surface area (Å²) in [6, 6.07) is 0. The number of aliphatic hydroxyl groups excluding tert-OH is 2. The number of aliphatic hydroxyl groups is 2. The molecule has 0 heterocycles. The van der Waals surface area contributed by atoms with Crippen LogP contribution in [0.1, 0.15) is 0 Å². The summed E-state index contributed by atoms with van der Waals surface area (Å²) in [7, 11) is 1.53. The SMILES string of the molecule is COCC(CO)(CO)NCCS. The molecule has 74 valence electrons. The van der Waals surface area contributed by atoms with Gasteiger partial charge in [-0.3, -0.25) is 0 Å². The van der Waals surface area contributed by atoms with E-state index in [2.05, 4.69) is 17.9 Å². The topological polar surface area (TPSA) is 61.7 Å². The van der Waals surface area contributed by atoms with Crippen molar-refractivity contribution in [2.24, 2.45) is 0 Å². The lowest BCUT2D eigenvalue weighted by molar-refractivity contribution is 0.0247. The maximum atomic E-state index is 9.01. The third kappa shape index (κ3) is 3.73. The molecule has 0 amide bonds. The van der Waals surface area contributed by atoms with Gasteiger partial charge in [-0.15, -0.1) is 0 Å². The normalized spacial score (nSPS) is 12.0. The van der Waals surface area contributed by atoms with Gasteiger partial charge in [0.1, 0.15) is 0 Å². The van der Waals surface area contributed by atoms with E-state index in [1.54, 1.807) is 0 Å². The Balaban J connectivity index is 3.95. The molecule has 0 saturated heterocycles. The Kier molecular flexibility index (Phi) is 6.78. The van der Waals surface area contributed by atoms with E-state index < -0.39 is 5.54 Å². The van der Waals surface area contributed by atoms with Crippen molar-refractivity contribution in [1.82, 2.24) is 5.32 Å². The maximum Gasteiger partial charge on any atom is 0.0884 e. The summed E-state index contributed by atoms with van der Waals surface area (Å²) in [4.78, 5) is 0. The molecule has 0 atom stereocenters. The Morgan fingerprint density at radius 1 is 1.42 bits per heavy atom. The van der Waals surface area contributed by atoms with Crippen LogP contribution in [0.25, 0.3) is 0 Å². The molecule has 0 aliphatic rings. The van der Waals surface area contributed by atoms with Crippen molar-refractivity contribution in [3.8, 4) is 0 Å². The van der Waals surface area contributed by atoms with E-state index in [-0.39, 0.29) is 19.8 Å². The number of nitrogens with one attached hydrogen (secondary N) is 1. The van der Waals surface area contributed by atoms with E-state index in [0.29, 0.717) is 12.3 Å². The first-order valence-electron chi connectivity index (χ1n) is 3.81. The Hall–Kier alpha value is 0.190. The van der Waals surface area contributed by atoms with Crippen molar-refractivity contribution < 1.29 is 14.9 Å². The molecule has 0 aromatic carbocycles. The van der Waals surface area contributed by atoms with Gasteiger partial charge in [0.15, 0.2) is 0 Å². The van der Waals surface area contributed by atoms with Gasteiger partial charge in [-0.2, -0.15) is 12.6 Å². The quantitative estimate of drug-likeness (QED) is 0.388. The van der Waals surface area contributed by atoms with E-state index in [9.17, 15) is 0 Å². The van der Waals surface area contributed by atoms with Crippen LogP contribution in [0.2, 0.25) is 0 Å². The zero-order valence-electron chi connectivity index (χ0n) is 7.29. The summed E-state index contributed by atoms with van der Waals surface area (Å²) in [5.41, 5.74) is -0.725. The molecule has 0 fully saturated rings. The second kappa shape index (κ2) is 6.68. The molecule has 3 N–H and O–H groups in total. The number of hydrogen-bond donors (Lipinski definition) is 4. The molecule has 0 aliphatic carbocycles. The Morgan fingerprint density at radius 3 is 2.33 bits per heavy atom. The molecule has 0 bridgehead atoms. The predicted molar refractivity (Wildman–Crippen MR) is 50.6 cm³/mol. The smallest absolute Gasteiger partial charge is 0.0884 e. The highest BCUT2D eigenvalue weighted by atomic mass is 32.1. The molecule has 12 heavy (non-hydrogen) atoms. The lowest BCUT2D eigenvalue weighted by Crippen LogP contribution is -2.55. The summed E-state index contributed by atoms with van der Waals surface area (Å²) in [6.07, 6.45) is 0. The highest BCUT2D eigenvalue weighted by Crippen LogP contribution is 2.02. The van der Waals surface area contributed by atoms with E-state index in [0.717, 1.165) is 0 Å². The second-order valence-electron chi connectivity index (χ2n) is 2.68. The van der Waals surface area contributed by atoms with Crippen LogP contribution in [0.4, 0.5) is 0 Å². The van der Waals surface area contributed by atoms with Gasteiger partial charge in [0.05, 0.1) is 25.4 Å². The fourth-order valence-electron chi connectivity index (χ4n) is 0.901. The monoisotopic (exact) mass is 195 g/mol. The first-order chi connectivity index (χ1) is 5.74. The third-order valence-corrected chi connectivity index (χ3v) is 1.86. The van der Waals surface area contributed by atoms with Gasteiger partial charge in [-0.1, -0.05) is 0 Å². The second-order valence-corrected chi connectivity index (χ2v) is 3.13. The summed E-state index contributed by atoms with van der Waals surface area (Å²) in [5, 5.41) is 21.0. The van der Waals surface area contributed by atoms with Gasteiger partial charge < -0.3 is 20.3 Å². The van der Waals surface area contributed by atoms with Crippen LogP contribution in [0.3, 0.4) is 0 Å². The van der Waals surface area contributed by atoms with E-state index in [4.69, 9.17) is 14.9 Å². The lowest BCUT2D eigenvalue weighted by Gasteiger charge is -2.29. The molecule has 0 aromatic rings. The number of rotatable bonds is 7. The average Bonchev–Trinajstić information content (AvgIpc) is 2.13. The molecule has 0 saturated carbocycles. The third-order valence-electron chi connectivity index (χ3n) is 1.64. The van der Waals surface area contributed by atoms with Crippen molar-refractivity contribution in [2.45, 2.75) is 5.54 Å². The molecule has 4 nitrogen and oxygen atoms in total. The van der Waals surface area contributed by atoms with E-state index >= 15 is 0 Å². The summed E-state index contributed by atoms with van der Waals surface area (Å²) in [5.74, 6) is 0.658. The Labute approximate surface area is 78.3 Å².